The molecule has 1 aliphatic rings. The zero-order chi connectivity index (χ0) is 13.8. The summed E-state index contributed by atoms with van der Waals surface area (Å²) in [5.41, 5.74) is 1.19. The summed E-state index contributed by atoms with van der Waals surface area (Å²) in [7, 11) is 3.37. The van der Waals surface area contributed by atoms with E-state index in [9.17, 15) is 0 Å². The van der Waals surface area contributed by atoms with Crippen molar-refractivity contribution in [2.75, 3.05) is 40.4 Å². The van der Waals surface area contributed by atoms with Crippen LogP contribution in [0.15, 0.2) is 16.6 Å². The van der Waals surface area contributed by atoms with Crippen molar-refractivity contribution in [1.29, 1.82) is 0 Å². The van der Waals surface area contributed by atoms with Crippen LogP contribution in [0.3, 0.4) is 0 Å². The molecule has 1 aromatic rings. The number of ether oxygens (including phenoxy) is 2. The van der Waals surface area contributed by atoms with Crippen molar-refractivity contribution in [1.82, 2.24) is 10.2 Å². The molecule has 106 valence electrons. The molecule has 1 saturated heterocycles. The summed E-state index contributed by atoms with van der Waals surface area (Å²) in [6.45, 7) is 6.44. The molecule has 0 spiro atoms. The SMILES string of the molecule is COc1cc(OC)c(C(C)N2CCNCC2)cc1Br. The monoisotopic (exact) mass is 328 g/mol. The molecule has 4 nitrogen and oxygen atoms in total. The highest BCUT2D eigenvalue weighted by atomic mass is 79.9. The fraction of sp³-hybridized carbons (Fsp3) is 0.571. The van der Waals surface area contributed by atoms with E-state index in [0.29, 0.717) is 6.04 Å². The van der Waals surface area contributed by atoms with Crippen LogP contribution in [0, 0.1) is 0 Å². The Labute approximate surface area is 123 Å². The van der Waals surface area contributed by atoms with Gasteiger partial charge in [-0.15, -0.1) is 0 Å². The highest BCUT2D eigenvalue weighted by Gasteiger charge is 2.22. The first-order valence-corrected chi connectivity index (χ1v) is 7.33. The van der Waals surface area contributed by atoms with Crippen LogP contribution in [0.4, 0.5) is 0 Å². The number of halogens is 1. The Morgan fingerprint density at radius 3 is 2.37 bits per heavy atom. The molecule has 1 aliphatic heterocycles. The van der Waals surface area contributed by atoms with Gasteiger partial charge in [0.2, 0.25) is 0 Å². The van der Waals surface area contributed by atoms with E-state index >= 15 is 0 Å². The van der Waals surface area contributed by atoms with Crippen LogP contribution in [0.2, 0.25) is 0 Å². The number of hydrogen-bond donors (Lipinski definition) is 1. The van der Waals surface area contributed by atoms with Crippen molar-refractivity contribution >= 4 is 15.9 Å². The number of piperazine rings is 1. The topological polar surface area (TPSA) is 33.7 Å². The first-order chi connectivity index (χ1) is 9.17. The maximum Gasteiger partial charge on any atom is 0.136 e. The fourth-order valence-electron chi connectivity index (χ4n) is 2.48. The lowest BCUT2D eigenvalue weighted by Crippen LogP contribution is -2.44. The second-order valence-electron chi connectivity index (χ2n) is 4.69. The molecule has 0 bridgehead atoms. The van der Waals surface area contributed by atoms with E-state index in [1.165, 1.54) is 5.56 Å². The quantitative estimate of drug-likeness (QED) is 0.920. The third kappa shape index (κ3) is 3.22. The second kappa shape index (κ2) is 6.59. The lowest BCUT2D eigenvalue weighted by molar-refractivity contribution is 0.182. The van der Waals surface area contributed by atoms with Gasteiger partial charge in [0.1, 0.15) is 11.5 Å². The second-order valence-corrected chi connectivity index (χ2v) is 5.54. The van der Waals surface area contributed by atoms with Gasteiger partial charge in [-0.2, -0.15) is 0 Å². The van der Waals surface area contributed by atoms with Gasteiger partial charge in [-0.05, 0) is 28.9 Å². The molecule has 19 heavy (non-hydrogen) atoms. The minimum atomic E-state index is 0.333. The van der Waals surface area contributed by atoms with Crippen LogP contribution in [0.5, 0.6) is 11.5 Å². The van der Waals surface area contributed by atoms with E-state index in [2.05, 4.69) is 39.1 Å². The first-order valence-electron chi connectivity index (χ1n) is 6.53. The van der Waals surface area contributed by atoms with Crippen molar-refractivity contribution in [3.8, 4) is 11.5 Å². The number of rotatable bonds is 4. The van der Waals surface area contributed by atoms with Crippen LogP contribution in [0.25, 0.3) is 0 Å². The predicted molar refractivity (Wildman–Crippen MR) is 80.1 cm³/mol. The lowest BCUT2D eigenvalue weighted by atomic mass is 10.0. The van der Waals surface area contributed by atoms with E-state index in [-0.39, 0.29) is 0 Å². The number of hydrogen-bond acceptors (Lipinski definition) is 4. The Kier molecular flexibility index (Phi) is 5.07. The van der Waals surface area contributed by atoms with E-state index in [4.69, 9.17) is 9.47 Å². The molecule has 0 aliphatic carbocycles. The number of nitrogens with one attached hydrogen (secondary N) is 1. The summed E-state index contributed by atoms with van der Waals surface area (Å²) in [4.78, 5) is 2.47. The maximum absolute atomic E-state index is 5.51. The highest BCUT2D eigenvalue weighted by molar-refractivity contribution is 9.10. The van der Waals surface area contributed by atoms with Gasteiger partial charge in [-0.3, -0.25) is 4.90 Å². The maximum atomic E-state index is 5.51. The molecule has 2 rings (SSSR count). The zero-order valence-corrected chi connectivity index (χ0v) is 13.3. The van der Waals surface area contributed by atoms with Gasteiger partial charge in [-0.1, -0.05) is 0 Å². The Hall–Kier alpha value is -0.780. The standard InChI is InChI=1S/C14H21BrN2O2/c1-10(17-6-4-16-5-7-17)11-8-12(15)14(19-3)9-13(11)18-2/h8-10,16H,4-7H2,1-3H3. The van der Waals surface area contributed by atoms with Gasteiger partial charge in [0, 0.05) is 43.9 Å². The van der Waals surface area contributed by atoms with Gasteiger partial charge in [0.05, 0.1) is 18.7 Å². The molecule has 1 fully saturated rings. The summed E-state index contributed by atoms with van der Waals surface area (Å²) in [5, 5.41) is 3.38. The van der Waals surface area contributed by atoms with E-state index < -0.39 is 0 Å². The third-order valence-corrected chi connectivity index (χ3v) is 4.27. The molecule has 0 radical (unpaired) electrons. The molecule has 0 amide bonds. The predicted octanol–water partition coefficient (Wildman–Crippen LogP) is 2.43. The number of nitrogens with zero attached hydrogens (tertiary/aromatic N) is 1. The molecule has 0 saturated carbocycles. The van der Waals surface area contributed by atoms with Crippen LogP contribution < -0.4 is 14.8 Å². The molecule has 1 N–H and O–H groups in total. The van der Waals surface area contributed by atoms with Crippen molar-refractivity contribution in [2.45, 2.75) is 13.0 Å². The molecule has 0 aromatic heterocycles. The smallest absolute Gasteiger partial charge is 0.136 e. The van der Waals surface area contributed by atoms with Crippen molar-refractivity contribution in [3.63, 3.8) is 0 Å². The largest absolute Gasteiger partial charge is 0.496 e. The zero-order valence-electron chi connectivity index (χ0n) is 11.7. The average molecular weight is 329 g/mol. The van der Waals surface area contributed by atoms with Crippen molar-refractivity contribution < 1.29 is 9.47 Å². The lowest BCUT2D eigenvalue weighted by Gasteiger charge is -2.33. The van der Waals surface area contributed by atoms with Gasteiger partial charge < -0.3 is 14.8 Å². The Balaban J connectivity index is 2.29. The molecular weight excluding hydrogens is 308 g/mol. The Morgan fingerprint density at radius 1 is 1.16 bits per heavy atom. The van der Waals surface area contributed by atoms with Crippen LogP contribution in [-0.4, -0.2) is 45.3 Å². The summed E-state index contributed by atoms with van der Waals surface area (Å²) >= 11 is 3.55. The summed E-state index contributed by atoms with van der Waals surface area (Å²) in [5.74, 6) is 1.68. The molecule has 1 aromatic carbocycles. The molecule has 1 heterocycles. The van der Waals surface area contributed by atoms with Crippen LogP contribution in [-0.2, 0) is 0 Å². The summed E-state index contributed by atoms with van der Waals surface area (Å²) < 4.78 is 11.8. The molecule has 5 heteroatoms. The minimum absolute atomic E-state index is 0.333. The van der Waals surface area contributed by atoms with Crippen molar-refractivity contribution in [2.24, 2.45) is 0 Å². The van der Waals surface area contributed by atoms with Gasteiger partial charge in [0.25, 0.3) is 0 Å². The van der Waals surface area contributed by atoms with Crippen LogP contribution >= 0.6 is 15.9 Å². The number of benzene rings is 1. The van der Waals surface area contributed by atoms with Crippen LogP contribution in [0.1, 0.15) is 18.5 Å². The summed E-state index contributed by atoms with van der Waals surface area (Å²) in [6, 6.07) is 4.38. The fourth-order valence-corrected chi connectivity index (χ4v) is 3.00. The Morgan fingerprint density at radius 2 is 1.79 bits per heavy atom. The molecule has 1 unspecified atom stereocenters. The van der Waals surface area contributed by atoms with Gasteiger partial charge >= 0.3 is 0 Å². The van der Waals surface area contributed by atoms with E-state index in [1.54, 1.807) is 14.2 Å². The third-order valence-electron chi connectivity index (χ3n) is 3.65. The highest BCUT2D eigenvalue weighted by Crippen LogP contribution is 2.37. The summed E-state index contributed by atoms with van der Waals surface area (Å²) in [6.07, 6.45) is 0. The molecular formula is C14H21BrN2O2. The van der Waals surface area contributed by atoms with Gasteiger partial charge in [0.15, 0.2) is 0 Å². The Bertz CT molecular complexity index is 434. The van der Waals surface area contributed by atoms with Gasteiger partial charge in [-0.25, -0.2) is 0 Å². The molecule has 1 atom stereocenters. The van der Waals surface area contributed by atoms with E-state index in [1.807, 2.05) is 6.07 Å². The number of methoxy groups -OCH3 is 2. The average Bonchev–Trinajstić information content (AvgIpc) is 2.47. The first kappa shape index (κ1) is 14.6. The van der Waals surface area contributed by atoms with E-state index in [0.717, 1.165) is 42.2 Å². The normalized spacial score (nSPS) is 18.1. The minimum Gasteiger partial charge on any atom is -0.496 e. The van der Waals surface area contributed by atoms with Crippen molar-refractivity contribution in [3.05, 3.63) is 22.2 Å².